The summed E-state index contributed by atoms with van der Waals surface area (Å²) in [6, 6.07) is -1.54. The molecule has 132 valence electrons. The average Bonchev–Trinajstić information content (AvgIpc) is 2.67. The molecule has 0 radical (unpaired) electrons. The average molecular weight is 330 g/mol. The van der Waals surface area contributed by atoms with E-state index in [1.54, 1.807) is 41.5 Å². The van der Waals surface area contributed by atoms with Gasteiger partial charge in [-0.1, -0.05) is 0 Å². The lowest BCUT2D eigenvalue weighted by atomic mass is 10.2. The van der Waals surface area contributed by atoms with Gasteiger partial charge in [-0.3, -0.25) is 4.90 Å². The Hall–Kier alpha value is -1.99. The summed E-state index contributed by atoms with van der Waals surface area (Å²) in [5.41, 5.74) is -1.38. The molecular weight excluding hydrogens is 304 g/mol. The Morgan fingerprint density at radius 1 is 1.04 bits per heavy atom. The zero-order valence-electron chi connectivity index (χ0n) is 14.5. The van der Waals surface area contributed by atoms with Gasteiger partial charge in [0.2, 0.25) is 0 Å². The Morgan fingerprint density at radius 3 is 2.00 bits per heavy atom. The fourth-order valence-corrected chi connectivity index (χ4v) is 2.17. The molecule has 1 heterocycles. The van der Waals surface area contributed by atoms with Gasteiger partial charge in [-0.15, -0.1) is 0 Å². The lowest BCUT2D eigenvalue weighted by Gasteiger charge is -2.26. The maximum absolute atomic E-state index is 12.1. The Kier molecular flexibility index (Phi) is 5.50. The summed E-state index contributed by atoms with van der Waals surface area (Å²) < 4.78 is 10.4. The van der Waals surface area contributed by atoms with Crippen LogP contribution in [0, 0.1) is 0 Å². The molecule has 1 rings (SSSR count). The predicted octanol–water partition coefficient (Wildman–Crippen LogP) is 1.97. The van der Waals surface area contributed by atoms with E-state index in [1.165, 1.54) is 0 Å². The molecule has 0 saturated carbocycles. The molecule has 23 heavy (non-hydrogen) atoms. The van der Waals surface area contributed by atoms with Crippen LogP contribution >= 0.6 is 0 Å². The zero-order chi connectivity index (χ0) is 18.0. The molecule has 2 N–H and O–H groups in total. The highest BCUT2D eigenvalue weighted by Gasteiger charge is 2.42. The normalized spacial score (nSPS) is 21.7. The summed E-state index contributed by atoms with van der Waals surface area (Å²) in [7, 11) is 0. The number of alkyl carbamates (subject to hydrolysis) is 1. The minimum Gasteiger partial charge on any atom is -0.480 e. The van der Waals surface area contributed by atoms with Gasteiger partial charge in [0, 0.05) is 13.0 Å². The first kappa shape index (κ1) is 19.1. The molecule has 1 aliphatic heterocycles. The van der Waals surface area contributed by atoms with Gasteiger partial charge in [0.25, 0.3) is 0 Å². The maximum atomic E-state index is 12.1. The van der Waals surface area contributed by atoms with Crippen molar-refractivity contribution in [2.75, 3.05) is 6.54 Å². The van der Waals surface area contributed by atoms with E-state index in [9.17, 15) is 19.5 Å². The van der Waals surface area contributed by atoms with Gasteiger partial charge < -0.3 is 19.9 Å². The smallest absolute Gasteiger partial charge is 0.411 e. The van der Waals surface area contributed by atoms with Crippen molar-refractivity contribution in [2.45, 2.75) is 71.2 Å². The first-order valence-electron chi connectivity index (χ1n) is 7.50. The molecule has 0 aromatic heterocycles. The Bertz CT molecular complexity index is 477. The van der Waals surface area contributed by atoms with Gasteiger partial charge >= 0.3 is 18.2 Å². The molecule has 0 spiro atoms. The first-order valence-corrected chi connectivity index (χ1v) is 7.50. The van der Waals surface area contributed by atoms with Crippen molar-refractivity contribution < 1.29 is 29.0 Å². The van der Waals surface area contributed by atoms with Crippen LogP contribution < -0.4 is 5.32 Å². The van der Waals surface area contributed by atoms with Crippen LogP contribution in [0.25, 0.3) is 0 Å². The fourth-order valence-electron chi connectivity index (χ4n) is 2.17. The number of aliphatic carboxylic acids is 1. The molecule has 8 heteroatoms. The molecule has 0 aromatic rings. The van der Waals surface area contributed by atoms with E-state index in [2.05, 4.69) is 5.32 Å². The van der Waals surface area contributed by atoms with Crippen molar-refractivity contribution in [1.82, 2.24) is 10.2 Å². The number of carboxylic acids is 1. The monoisotopic (exact) mass is 330 g/mol. The van der Waals surface area contributed by atoms with Crippen LogP contribution in [-0.4, -0.2) is 58.0 Å². The molecule has 1 unspecified atom stereocenters. The van der Waals surface area contributed by atoms with Crippen molar-refractivity contribution in [2.24, 2.45) is 0 Å². The number of likely N-dealkylation sites (tertiary alicyclic amines) is 1. The van der Waals surface area contributed by atoms with Crippen LogP contribution in [0.4, 0.5) is 9.59 Å². The van der Waals surface area contributed by atoms with E-state index < -0.39 is 41.4 Å². The van der Waals surface area contributed by atoms with Gasteiger partial charge in [-0.25, -0.2) is 14.4 Å². The highest BCUT2D eigenvalue weighted by atomic mass is 16.6. The van der Waals surface area contributed by atoms with E-state index in [4.69, 9.17) is 9.47 Å². The second-order valence-electron chi connectivity index (χ2n) is 7.57. The van der Waals surface area contributed by atoms with E-state index in [1.807, 2.05) is 0 Å². The molecule has 2 atom stereocenters. The molecule has 0 bridgehead atoms. The van der Waals surface area contributed by atoms with Crippen molar-refractivity contribution >= 4 is 18.2 Å². The van der Waals surface area contributed by atoms with Crippen molar-refractivity contribution in [3.8, 4) is 0 Å². The van der Waals surface area contributed by atoms with Crippen molar-refractivity contribution in [1.29, 1.82) is 0 Å². The summed E-state index contributed by atoms with van der Waals surface area (Å²) in [5.74, 6) is -1.13. The number of carbonyl (C=O) groups excluding carboxylic acids is 2. The Labute approximate surface area is 136 Å². The van der Waals surface area contributed by atoms with Gasteiger partial charge in [0.15, 0.2) is 0 Å². The molecule has 2 amide bonds. The molecule has 0 aliphatic carbocycles. The highest BCUT2D eigenvalue weighted by Crippen LogP contribution is 2.22. The maximum Gasteiger partial charge on any atom is 0.411 e. The number of ether oxygens (including phenoxy) is 2. The lowest BCUT2D eigenvalue weighted by molar-refractivity contribution is -0.142. The summed E-state index contributed by atoms with van der Waals surface area (Å²) in [5, 5.41) is 11.9. The highest BCUT2D eigenvalue weighted by molar-refractivity contribution is 5.81. The number of hydrogen-bond acceptors (Lipinski definition) is 5. The number of carboxylic acid groups (broad SMARTS) is 1. The van der Waals surface area contributed by atoms with E-state index in [-0.39, 0.29) is 13.0 Å². The molecule has 1 aliphatic rings. The van der Waals surface area contributed by atoms with Crippen LogP contribution in [0.2, 0.25) is 0 Å². The third-order valence-electron chi connectivity index (χ3n) is 2.94. The topological polar surface area (TPSA) is 105 Å². The number of amides is 2. The van der Waals surface area contributed by atoms with Crippen LogP contribution in [0.5, 0.6) is 0 Å². The largest absolute Gasteiger partial charge is 0.480 e. The number of carbonyl (C=O) groups is 3. The molecule has 8 nitrogen and oxygen atoms in total. The van der Waals surface area contributed by atoms with Crippen molar-refractivity contribution in [3.05, 3.63) is 0 Å². The van der Waals surface area contributed by atoms with E-state index in [0.717, 1.165) is 4.90 Å². The summed E-state index contributed by atoms with van der Waals surface area (Å²) in [6.07, 6.45) is -1.25. The minimum atomic E-state index is -1.13. The van der Waals surface area contributed by atoms with Crippen LogP contribution in [-0.2, 0) is 14.3 Å². The second kappa shape index (κ2) is 6.64. The number of nitrogens with zero attached hydrogens (tertiary/aromatic N) is 1. The molecule has 1 saturated heterocycles. The van der Waals surface area contributed by atoms with Crippen LogP contribution in [0.3, 0.4) is 0 Å². The minimum absolute atomic E-state index is 0.0606. The van der Waals surface area contributed by atoms with Gasteiger partial charge in [0.1, 0.15) is 17.2 Å². The lowest BCUT2D eigenvalue weighted by Crippen LogP contribution is -2.44. The third kappa shape index (κ3) is 6.33. The molecule has 0 aromatic carbocycles. The number of hydrogen-bond donors (Lipinski definition) is 2. The number of nitrogens with one attached hydrogen (secondary N) is 1. The first-order chi connectivity index (χ1) is 10.3. The summed E-state index contributed by atoms with van der Waals surface area (Å²) in [4.78, 5) is 36.4. The third-order valence-corrected chi connectivity index (χ3v) is 2.94. The fraction of sp³-hybridized carbons (Fsp3) is 0.800. The SMILES string of the molecule is CC(C)(C)OC(=O)N[C@@H]1CC(C(=O)O)N(C(=O)OC(C)(C)C)C1. The summed E-state index contributed by atoms with van der Waals surface area (Å²) >= 11 is 0. The van der Waals surface area contributed by atoms with Crippen LogP contribution in [0.1, 0.15) is 48.0 Å². The van der Waals surface area contributed by atoms with Gasteiger partial charge in [0.05, 0.1) is 6.04 Å². The van der Waals surface area contributed by atoms with E-state index in [0.29, 0.717) is 0 Å². The zero-order valence-corrected chi connectivity index (χ0v) is 14.5. The second-order valence-corrected chi connectivity index (χ2v) is 7.57. The predicted molar refractivity (Wildman–Crippen MR) is 82.1 cm³/mol. The Balaban J connectivity index is 2.73. The van der Waals surface area contributed by atoms with Gasteiger partial charge in [-0.05, 0) is 41.5 Å². The molecular formula is C15H26N2O6. The quantitative estimate of drug-likeness (QED) is 0.802. The van der Waals surface area contributed by atoms with Crippen molar-refractivity contribution in [3.63, 3.8) is 0 Å². The Morgan fingerprint density at radius 2 is 1.57 bits per heavy atom. The van der Waals surface area contributed by atoms with Crippen LogP contribution in [0.15, 0.2) is 0 Å². The van der Waals surface area contributed by atoms with E-state index >= 15 is 0 Å². The number of rotatable bonds is 2. The standard InChI is InChI=1S/C15H26N2O6/c1-14(2,3)22-12(20)16-9-7-10(11(18)19)17(8-9)13(21)23-15(4,5)6/h9-10H,7-8H2,1-6H3,(H,16,20)(H,18,19)/t9-,10?/m1/s1. The van der Waals surface area contributed by atoms with Gasteiger partial charge in [-0.2, -0.15) is 0 Å². The molecule has 1 fully saturated rings. The summed E-state index contributed by atoms with van der Waals surface area (Å²) in [6.45, 7) is 10.4.